The van der Waals surface area contributed by atoms with Crippen molar-refractivity contribution in [1.82, 2.24) is 0 Å². The molecule has 1 atom stereocenters. The predicted molar refractivity (Wildman–Crippen MR) is 107 cm³/mol. The molecule has 0 fully saturated rings. The van der Waals surface area contributed by atoms with Crippen molar-refractivity contribution >= 4 is 33.5 Å². The Kier molecular flexibility index (Phi) is 6.23. The Morgan fingerprint density at radius 1 is 1.14 bits per heavy atom. The van der Waals surface area contributed by atoms with E-state index in [2.05, 4.69) is 0 Å². The number of carbonyl (C=O) groups is 2. The Labute approximate surface area is 167 Å². The average Bonchev–Trinajstić information content (AvgIpc) is 3.05. The summed E-state index contributed by atoms with van der Waals surface area (Å²) >= 11 is 0. The molecule has 3 rings (SSSR count). The summed E-state index contributed by atoms with van der Waals surface area (Å²) in [5.74, 6) is -2.00. The van der Waals surface area contributed by atoms with Gasteiger partial charge >= 0.3 is 5.97 Å². The van der Waals surface area contributed by atoms with Crippen LogP contribution in [0.3, 0.4) is 0 Å². The molecule has 0 N–H and O–H groups in total. The molecule has 1 heterocycles. The standard InChI is InChI=1S/C21H18FNO5S/c22-17-6-4-5-16(13-17)9-10-21(25)28-14-20(24)23(18-7-2-1-3-8-18)19-11-12-29(26,27)15-19/h1-13,19H,14-15H2/b10-9+/t19-/m0/s1. The van der Waals surface area contributed by atoms with Gasteiger partial charge in [-0.15, -0.1) is 0 Å². The lowest BCUT2D eigenvalue weighted by atomic mass is 10.2. The molecule has 2 aromatic carbocycles. The molecular weight excluding hydrogens is 397 g/mol. The minimum Gasteiger partial charge on any atom is -0.452 e. The third-order valence-electron chi connectivity index (χ3n) is 4.14. The van der Waals surface area contributed by atoms with Gasteiger partial charge in [0.15, 0.2) is 16.4 Å². The van der Waals surface area contributed by atoms with E-state index in [4.69, 9.17) is 4.74 Å². The van der Waals surface area contributed by atoms with E-state index in [0.717, 1.165) is 11.5 Å². The van der Waals surface area contributed by atoms with Crippen molar-refractivity contribution in [2.45, 2.75) is 6.04 Å². The molecular formula is C21H18FNO5S. The van der Waals surface area contributed by atoms with Gasteiger partial charge in [-0.3, -0.25) is 4.79 Å². The van der Waals surface area contributed by atoms with Gasteiger partial charge in [-0.25, -0.2) is 17.6 Å². The monoisotopic (exact) mass is 415 g/mol. The van der Waals surface area contributed by atoms with Crippen LogP contribution in [0.15, 0.2) is 72.2 Å². The predicted octanol–water partition coefficient (Wildman–Crippen LogP) is 2.73. The number of carbonyl (C=O) groups excluding carboxylic acids is 2. The Balaban J connectivity index is 1.67. The first-order valence-corrected chi connectivity index (χ1v) is 10.4. The summed E-state index contributed by atoms with van der Waals surface area (Å²) in [6.45, 7) is -0.564. The third kappa shape index (κ3) is 5.61. The molecule has 0 saturated carbocycles. The topological polar surface area (TPSA) is 80.8 Å². The normalized spacial score (nSPS) is 17.3. The number of benzene rings is 2. The molecule has 29 heavy (non-hydrogen) atoms. The Hall–Kier alpha value is -3.26. The molecule has 1 amide bonds. The van der Waals surface area contributed by atoms with Gasteiger partial charge < -0.3 is 9.64 Å². The first kappa shape index (κ1) is 20.5. The minimum atomic E-state index is -3.38. The maximum atomic E-state index is 13.1. The van der Waals surface area contributed by atoms with Gasteiger partial charge in [-0.1, -0.05) is 30.3 Å². The Morgan fingerprint density at radius 3 is 2.55 bits per heavy atom. The number of halogens is 1. The molecule has 8 heteroatoms. The van der Waals surface area contributed by atoms with Crippen LogP contribution in [0.2, 0.25) is 0 Å². The van der Waals surface area contributed by atoms with Crippen molar-refractivity contribution in [3.63, 3.8) is 0 Å². The highest BCUT2D eigenvalue weighted by atomic mass is 32.2. The van der Waals surface area contributed by atoms with Crippen LogP contribution in [0.25, 0.3) is 6.08 Å². The van der Waals surface area contributed by atoms with Gasteiger partial charge in [0, 0.05) is 17.2 Å². The van der Waals surface area contributed by atoms with Crippen LogP contribution in [0.1, 0.15) is 5.56 Å². The number of hydrogen-bond acceptors (Lipinski definition) is 5. The summed E-state index contributed by atoms with van der Waals surface area (Å²) < 4.78 is 41.7. The van der Waals surface area contributed by atoms with E-state index in [-0.39, 0.29) is 5.75 Å². The second-order valence-corrected chi connectivity index (χ2v) is 8.25. The molecule has 0 unspecified atom stereocenters. The summed E-state index contributed by atoms with van der Waals surface area (Å²) in [7, 11) is -3.38. The van der Waals surface area contributed by atoms with E-state index in [9.17, 15) is 22.4 Å². The van der Waals surface area contributed by atoms with Crippen molar-refractivity contribution in [2.24, 2.45) is 0 Å². The second kappa shape index (κ2) is 8.83. The van der Waals surface area contributed by atoms with E-state index in [0.29, 0.717) is 11.3 Å². The van der Waals surface area contributed by atoms with Crippen LogP contribution >= 0.6 is 0 Å². The van der Waals surface area contributed by atoms with E-state index in [1.807, 2.05) is 0 Å². The summed E-state index contributed by atoms with van der Waals surface area (Å²) in [5.41, 5.74) is 0.969. The fourth-order valence-corrected chi connectivity index (χ4v) is 4.12. The number of para-hydroxylation sites is 1. The van der Waals surface area contributed by atoms with Gasteiger partial charge in [0.25, 0.3) is 5.91 Å². The number of amides is 1. The highest BCUT2D eigenvalue weighted by molar-refractivity contribution is 7.94. The van der Waals surface area contributed by atoms with Crippen LogP contribution < -0.4 is 4.90 Å². The molecule has 1 aliphatic heterocycles. The summed E-state index contributed by atoms with van der Waals surface area (Å²) in [4.78, 5) is 25.9. The lowest BCUT2D eigenvalue weighted by molar-refractivity contribution is -0.143. The molecule has 0 spiro atoms. The lowest BCUT2D eigenvalue weighted by Crippen LogP contribution is -2.43. The van der Waals surface area contributed by atoms with Gasteiger partial charge in [0.1, 0.15) is 5.82 Å². The molecule has 1 aliphatic rings. The van der Waals surface area contributed by atoms with Gasteiger partial charge in [-0.05, 0) is 42.0 Å². The highest BCUT2D eigenvalue weighted by Gasteiger charge is 2.31. The van der Waals surface area contributed by atoms with Crippen molar-refractivity contribution in [1.29, 1.82) is 0 Å². The maximum Gasteiger partial charge on any atom is 0.331 e. The van der Waals surface area contributed by atoms with Crippen LogP contribution in [-0.2, 0) is 24.2 Å². The lowest BCUT2D eigenvalue weighted by Gasteiger charge is -2.27. The van der Waals surface area contributed by atoms with Gasteiger partial charge in [0.2, 0.25) is 0 Å². The molecule has 6 nitrogen and oxygen atoms in total. The molecule has 0 bridgehead atoms. The van der Waals surface area contributed by atoms with E-state index >= 15 is 0 Å². The van der Waals surface area contributed by atoms with Crippen LogP contribution in [0.4, 0.5) is 10.1 Å². The molecule has 150 valence electrons. The molecule has 0 radical (unpaired) electrons. The first-order chi connectivity index (χ1) is 13.8. The summed E-state index contributed by atoms with van der Waals surface area (Å²) in [6, 6.07) is 13.5. The average molecular weight is 415 g/mol. The van der Waals surface area contributed by atoms with Gasteiger partial charge in [-0.2, -0.15) is 0 Å². The van der Waals surface area contributed by atoms with E-state index in [1.165, 1.54) is 35.3 Å². The second-order valence-electron chi connectivity index (χ2n) is 6.32. The molecule has 0 aromatic heterocycles. The SMILES string of the molecule is O=C(/C=C/c1cccc(F)c1)OCC(=O)N(c1ccccc1)[C@H]1C=CS(=O)(=O)C1. The number of hydrogen-bond donors (Lipinski definition) is 0. The number of esters is 1. The fraction of sp³-hybridized carbons (Fsp3) is 0.143. The third-order valence-corrected chi connectivity index (χ3v) is 5.52. The van der Waals surface area contributed by atoms with Gasteiger partial charge in [0.05, 0.1) is 11.8 Å². The number of ether oxygens (including phenoxy) is 1. The molecule has 0 saturated heterocycles. The zero-order valence-electron chi connectivity index (χ0n) is 15.3. The Bertz CT molecular complexity index is 1060. The van der Waals surface area contributed by atoms with Crippen molar-refractivity contribution < 1.29 is 27.1 Å². The number of sulfone groups is 1. The van der Waals surface area contributed by atoms with Crippen LogP contribution in [0, 0.1) is 5.82 Å². The van der Waals surface area contributed by atoms with E-state index < -0.39 is 40.2 Å². The largest absolute Gasteiger partial charge is 0.452 e. The zero-order chi connectivity index (χ0) is 20.9. The number of nitrogens with zero attached hydrogens (tertiary/aromatic N) is 1. The fourth-order valence-electron chi connectivity index (χ4n) is 2.85. The smallest absolute Gasteiger partial charge is 0.331 e. The van der Waals surface area contributed by atoms with Crippen molar-refractivity contribution in [3.8, 4) is 0 Å². The number of rotatable bonds is 6. The highest BCUT2D eigenvalue weighted by Crippen LogP contribution is 2.22. The molecule has 0 aliphatic carbocycles. The van der Waals surface area contributed by atoms with Crippen LogP contribution in [-0.4, -0.2) is 38.7 Å². The van der Waals surface area contributed by atoms with Crippen molar-refractivity contribution in [3.05, 3.63) is 83.5 Å². The summed E-state index contributed by atoms with van der Waals surface area (Å²) in [6.07, 6.45) is 3.90. The first-order valence-electron chi connectivity index (χ1n) is 8.72. The number of anilines is 1. The minimum absolute atomic E-state index is 0.235. The molecule has 2 aromatic rings. The van der Waals surface area contributed by atoms with E-state index in [1.54, 1.807) is 36.4 Å². The maximum absolute atomic E-state index is 13.1. The Morgan fingerprint density at radius 2 is 1.90 bits per heavy atom. The van der Waals surface area contributed by atoms with Crippen molar-refractivity contribution in [2.75, 3.05) is 17.3 Å². The summed E-state index contributed by atoms with van der Waals surface area (Å²) in [5, 5.41) is 1.08. The quantitative estimate of drug-likeness (QED) is 0.535. The zero-order valence-corrected chi connectivity index (χ0v) is 16.1. The van der Waals surface area contributed by atoms with Crippen LogP contribution in [0.5, 0.6) is 0 Å².